The number of piperidine rings is 3. The molecule has 0 aromatic heterocycles. The molecule has 3 unspecified atom stereocenters. The molecular formula is C96H157N15O24. The van der Waals surface area contributed by atoms with Crippen LogP contribution in [-0.4, -0.2) is 268 Å². The summed E-state index contributed by atoms with van der Waals surface area (Å²) < 4.78 is 29.5. The van der Waals surface area contributed by atoms with Crippen LogP contribution < -0.4 is 64.2 Å². The summed E-state index contributed by atoms with van der Waals surface area (Å²) in [7, 11) is 2.38. The minimum atomic E-state index is -1.10. The standard InChI is InChI=1S/C33H53N5O8.C32H53N5O8.C31H51N5O8/c1-17(2)22(16-46-31(44)45-15-19-11-12-19)36-30(43)37-26(32(3,4)5)29(42)38-14-20-23(33(20,6)7)24(38)28(41)35-21(25(39)27(34)40)13-18-9-8-10-18;1-12-14-19(23(38)26(40)33-15-13-2)34-25(39)22-21-18(32(21,9)10)16-37(22)27(41)24(31(6,7)8)36-28(42)35-20(30(3,4)5)17-45-29(43)44-11;1-11-13-19(23(37)26(39)32-14-12-2)33-25(38)22-21-18(31(21,8)9)15-36(22)27(40)24(30(5,6)7)35-28(41)34-20(17(3)4)16-44-29(42)43-10/h17-24,26H,8-16H2,1-7H3,(H2,34,40)(H,35,41)(H2,36,37,43);13,18-22,24H,2,12,14-17H2,1,3-11H3,(H,33,40)(H,34,39)(H2,35,36,42);12,17-22,24H,2,11,13-16H2,1,3-10H3,(H,32,39)(H,33,38)(H2,34,35,41)/t20-,21?,22+,23-,24-,26+;2*18-,19?,20+,21-,22-,24+/m000/s1. The minimum absolute atomic E-state index is 0.0589. The molecule has 8 rings (SSSR count). The third-order valence-electron chi connectivity index (χ3n) is 28.0. The van der Waals surface area contributed by atoms with Crippen molar-refractivity contribution in [3.8, 4) is 0 Å². The summed E-state index contributed by atoms with van der Waals surface area (Å²) >= 11 is 0. The van der Waals surface area contributed by atoms with E-state index in [2.05, 4.69) is 81.1 Å². The van der Waals surface area contributed by atoms with Crippen molar-refractivity contribution < 1.29 is 115 Å². The van der Waals surface area contributed by atoms with Gasteiger partial charge in [-0.2, -0.15) is 0 Å². The number of nitrogens with zero attached hydrogens (tertiary/aromatic N) is 3. The summed E-state index contributed by atoms with van der Waals surface area (Å²) in [5, 5.41) is 30.0. The summed E-state index contributed by atoms with van der Waals surface area (Å²) in [5.41, 5.74) is 2.00. The van der Waals surface area contributed by atoms with Crippen LogP contribution >= 0.6 is 0 Å². The predicted octanol–water partition coefficient (Wildman–Crippen LogP) is 7.18. The van der Waals surface area contributed by atoms with Crippen molar-refractivity contribution in [1.82, 2.24) is 73.2 Å². The molecule has 0 aromatic carbocycles. The number of fused-ring (bicyclic) bond motifs is 3. The molecule has 0 radical (unpaired) electrons. The Labute approximate surface area is 795 Å². The maximum atomic E-state index is 14.2. The number of methoxy groups -OCH3 is 2. The smallest absolute Gasteiger partial charge is 0.438 e. The number of nitrogens with one attached hydrogen (secondary N) is 11. The number of likely N-dealkylation sites (tertiary alicyclic amines) is 3. The number of hydrogen-bond acceptors (Lipinski definition) is 24. The zero-order valence-corrected chi connectivity index (χ0v) is 84.4. The van der Waals surface area contributed by atoms with Gasteiger partial charge in [0.25, 0.3) is 17.7 Å². The summed E-state index contributed by atoms with van der Waals surface area (Å²) in [4.78, 5) is 238. The summed E-state index contributed by atoms with van der Waals surface area (Å²) in [6.45, 7) is 53.5. The molecule has 8 fully saturated rings. The van der Waals surface area contributed by atoms with Crippen molar-refractivity contribution in [2.24, 2.45) is 103 Å². The van der Waals surface area contributed by atoms with Gasteiger partial charge in [-0.25, -0.2) is 28.8 Å². The molecular weight excluding hydrogens is 1750 g/mol. The molecule has 3 heterocycles. The van der Waals surface area contributed by atoms with Crippen LogP contribution in [0.2, 0.25) is 0 Å². The van der Waals surface area contributed by atoms with Crippen LogP contribution in [0.4, 0.5) is 28.8 Å². The van der Waals surface area contributed by atoms with Crippen molar-refractivity contribution in [3.05, 3.63) is 25.3 Å². The van der Waals surface area contributed by atoms with Gasteiger partial charge in [0, 0.05) is 32.7 Å². The molecule has 3 saturated heterocycles. The first kappa shape index (κ1) is 113. The second-order valence-corrected chi connectivity index (χ2v) is 44.1. The van der Waals surface area contributed by atoms with Gasteiger partial charge in [0.15, 0.2) is 0 Å². The highest BCUT2D eigenvalue weighted by Gasteiger charge is 2.73. The Morgan fingerprint density at radius 3 is 1.02 bits per heavy atom. The molecule has 0 aromatic rings. The number of urea groups is 3. The van der Waals surface area contributed by atoms with E-state index in [0.717, 1.165) is 32.1 Å². The lowest BCUT2D eigenvalue weighted by Crippen LogP contribution is -2.62. The van der Waals surface area contributed by atoms with E-state index in [4.69, 9.17) is 24.7 Å². The van der Waals surface area contributed by atoms with Gasteiger partial charge in [-0.15, -0.1) is 13.2 Å². The number of ether oxygens (including phenoxy) is 6. The maximum absolute atomic E-state index is 14.2. The topological polar surface area (TPSA) is 531 Å². The van der Waals surface area contributed by atoms with Gasteiger partial charge in [-0.3, -0.25) is 57.5 Å². The Morgan fingerprint density at radius 1 is 0.415 bits per heavy atom. The minimum Gasteiger partial charge on any atom is -0.438 e. The molecule has 13 N–H and O–H groups in total. The fraction of sp³-hybridized carbons (Fsp3) is 0.771. The summed E-state index contributed by atoms with van der Waals surface area (Å²) in [5.74, 6) is -7.67. The number of Topliss-reactive ketones (excluding diaryl/α,β-unsaturated/α-hetero) is 3. The molecule has 5 aliphatic carbocycles. The van der Waals surface area contributed by atoms with Crippen molar-refractivity contribution >= 4 is 107 Å². The van der Waals surface area contributed by atoms with Crippen LogP contribution in [0.25, 0.3) is 0 Å². The maximum Gasteiger partial charge on any atom is 0.508 e. The molecule has 18 atom stereocenters. The molecule has 8 aliphatic rings. The van der Waals surface area contributed by atoms with Gasteiger partial charge in [0.05, 0.1) is 57.1 Å². The predicted molar refractivity (Wildman–Crippen MR) is 499 cm³/mol. The molecule has 760 valence electrons. The number of rotatable bonds is 41. The van der Waals surface area contributed by atoms with Crippen LogP contribution in [0.1, 0.15) is 230 Å². The third-order valence-corrected chi connectivity index (χ3v) is 28.0. The highest BCUT2D eigenvalue weighted by Crippen LogP contribution is 2.67. The molecule has 0 bridgehead atoms. The fourth-order valence-corrected chi connectivity index (χ4v) is 18.5. The number of carbonyl (C=O) groups is 18. The third kappa shape index (κ3) is 29.9. The summed E-state index contributed by atoms with van der Waals surface area (Å²) in [6, 6.07) is -12.4. The second-order valence-electron chi connectivity index (χ2n) is 44.1. The van der Waals surface area contributed by atoms with Crippen molar-refractivity contribution in [1.29, 1.82) is 0 Å². The second kappa shape index (κ2) is 46.9. The lowest BCUT2D eigenvalue weighted by molar-refractivity contribution is -0.145. The van der Waals surface area contributed by atoms with Crippen molar-refractivity contribution in [3.63, 3.8) is 0 Å². The Kier molecular flexibility index (Phi) is 39.3. The number of ketones is 3. The zero-order valence-electron chi connectivity index (χ0n) is 84.4. The van der Waals surface area contributed by atoms with E-state index in [1.54, 1.807) is 0 Å². The number of amides is 15. The number of nitrogens with two attached hydrogens (primary N) is 1. The lowest BCUT2D eigenvalue weighted by atomic mass is 9.80. The normalized spacial score (nSPS) is 23.2. The van der Waals surface area contributed by atoms with Crippen LogP contribution in [0, 0.1) is 97.1 Å². The first-order valence-electron chi connectivity index (χ1n) is 47.5. The van der Waals surface area contributed by atoms with E-state index >= 15 is 0 Å². The number of primary amides is 1. The Hall–Kier alpha value is -10.7. The number of carbonyl (C=O) groups excluding carboxylic acids is 18. The van der Waals surface area contributed by atoms with E-state index in [0.29, 0.717) is 51.4 Å². The van der Waals surface area contributed by atoms with Gasteiger partial charge >= 0.3 is 36.6 Å². The Bertz CT molecular complexity index is 4320. The SMILES string of the molecule is C=CCNC(=O)C(=O)C(CCC)NC(=O)[C@@H]1[C@@H]2[C@H](CN1C(=O)[C@@H](NC(=O)N[C@H](COC(=O)OC)C(C)(C)C)C(C)(C)C)C2(C)C.C=CCNC(=O)C(=O)C(CCC)NC(=O)[C@@H]1[C@@H]2[C@H](CN1C(=O)[C@@H](NC(=O)N[C@H](COC(=O)OC)C(C)C)C(C)(C)C)C2(C)C.CC(C)[C@@H](COC(=O)OCC1CC1)NC(=O)N[C@H](C(=O)N1C[C@H]2[C@@H]([C@H]1C(=O)NC(CC1CCC1)C(=O)C(N)=O)C2(C)C)C(C)(C)C. The molecule has 3 aliphatic heterocycles. The zero-order chi connectivity index (χ0) is 102. The van der Waals surface area contributed by atoms with E-state index in [9.17, 15) is 86.3 Å². The van der Waals surface area contributed by atoms with Crippen LogP contribution in [-0.2, 0) is 86.0 Å². The van der Waals surface area contributed by atoms with E-state index < -0.39 is 201 Å². The van der Waals surface area contributed by atoms with Crippen LogP contribution in [0.5, 0.6) is 0 Å². The van der Waals surface area contributed by atoms with Gasteiger partial charge in [0.2, 0.25) is 52.8 Å². The van der Waals surface area contributed by atoms with Crippen molar-refractivity contribution in [2.45, 2.75) is 303 Å². The first-order valence-corrected chi connectivity index (χ1v) is 47.5. The average Bonchev–Trinajstić information content (AvgIpc) is 1.53. The van der Waals surface area contributed by atoms with Gasteiger partial charge < -0.3 is 107 Å². The largest absolute Gasteiger partial charge is 0.508 e. The highest BCUT2D eigenvalue weighted by molar-refractivity contribution is 6.39. The van der Waals surface area contributed by atoms with E-state index in [1.807, 2.05) is 166 Å². The molecule has 15 amide bonds. The molecule has 39 nitrogen and oxygen atoms in total. The Morgan fingerprint density at radius 2 is 0.741 bits per heavy atom. The summed E-state index contributed by atoms with van der Waals surface area (Å²) in [6.07, 6.45) is 7.24. The van der Waals surface area contributed by atoms with Crippen LogP contribution in [0.3, 0.4) is 0 Å². The molecule has 39 heteroatoms. The van der Waals surface area contributed by atoms with Crippen molar-refractivity contribution in [2.75, 3.05) is 73.4 Å². The first-order chi connectivity index (χ1) is 62.5. The van der Waals surface area contributed by atoms with Gasteiger partial charge in [0.1, 0.15) is 56.1 Å². The monoisotopic (exact) mass is 1900 g/mol. The molecule has 5 saturated carbocycles. The average molecular weight is 1910 g/mol. The highest BCUT2D eigenvalue weighted by atomic mass is 16.7. The molecule has 135 heavy (non-hydrogen) atoms. The van der Waals surface area contributed by atoms with E-state index in [-0.39, 0.29) is 115 Å². The lowest BCUT2D eigenvalue weighted by Gasteiger charge is -2.38. The quantitative estimate of drug-likeness (QED) is 0.0125. The number of hydrogen-bond donors (Lipinski definition) is 12. The fourth-order valence-electron chi connectivity index (χ4n) is 18.5. The van der Waals surface area contributed by atoms with E-state index in [1.165, 1.54) is 41.1 Å². The van der Waals surface area contributed by atoms with Crippen LogP contribution in [0.15, 0.2) is 25.3 Å². The molecule has 0 spiro atoms. The van der Waals surface area contributed by atoms with Gasteiger partial charge in [-0.1, -0.05) is 210 Å². The Balaban J connectivity index is 0.000000311. The van der Waals surface area contributed by atoms with Gasteiger partial charge in [-0.05, 0) is 129 Å².